The molecular weight excluding hydrogens is 180 g/mol. The van der Waals surface area contributed by atoms with Crippen LogP contribution in [0.1, 0.15) is 38.5 Å². The van der Waals surface area contributed by atoms with Gasteiger partial charge in [0.1, 0.15) is 0 Å². The van der Waals surface area contributed by atoms with E-state index in [2.05, 4.69) is 5.32 Å². The minimum absolute atomic E-state index is 0.0888. The van der Waals surface area contributed by atoms with Gasteiger partial charge in [0, 0.05) is 18.9 Å². The molecule has 0 aromatic carbocycles. The number of nitrogens with one attached hydrogen (secondary N) is 1. The highest BCUT2D eigenvalue weighted by Gasteiger charge is 2.20. The van der Waals surface area contributed by atoms with E-state index >= 15 is 0 Å². The molecule has 0 spiro atoms. The first-order chi connectivity index (χ1) is 6.70. The molecule has 1 rings (SSSR count). The number of primary amides is 1. The van der Waals surface area contributed by atoms with Crippen molar-refractivity contribution in [1.82, 2.24) is 5.32 Å². The van der Waals surface area contributed by atoms with E-state index in [1.807, 2.05) is 0 Å². The molecule has 14 heavy (non-hydrogen) atoms. The van der Waals surface area contributed by atoms with Gasteiger partial charge in [-0.1, -0.05) is 19.3 Å². The molecule has 1 saturated carbocycles. The predicted octanol–water partition coefficient (Wildman–Crippen LogP) is 0.558. The van der Waals surface area contributed by atoms with Crippen molar-refractivity contribution in [3.63, 3.8) is 0 Å². The first-order valence-electron chi connectivity index (χ1n) is 5.26. The van der Waals surface area contributed by atoms with E-state index in [0.29, 0.717) is 6.54 Å². The minimum Gasteiger partial charge on any atom is -0.370 e. The SMILES string of the molecule is NC(=O)CCNC(=O)C1CCCCC1. The van der Waals surface area contributed by atoms with Gasteiger partial charge < -0.3 is 11.1 Å². The highest BCUT2D eigenvalue weighted by atomic mass is 16.2. The van der Waals surface area contributed by atoms with Gasteiger partial charge in [-0.25, -0.2) is 0 Å². The molecule has 0 saturated heterocycles. The molecule has 0 radical (unpaired) electrons. The third kappa shape index (κ3) is 3.77. The fourth-order valence-corrected chi connectivity index (χ4v) is 1.82. The summed E-state index contributed by atoms with van der Waals surface area (Å²) in [6, 6.07) is 0. The summed E-state index contributed by atoms with van der Waals surface area (Å²) in [5, 5.41) is 2.74. The van der Waals surface area contributed by atoms with Crippen molar-refractivity contribution in [2.24, 2.45) is 11.7 Å². The van der Waals surface area contributed by atoms with Crippen molar-refractivity contribution < 1.29 is 9.59 Å². The van der Waals surface area contributed by atoms with Gasteiger partial charge in [-0.05, 0) is 12.8 Å². The third-order valence-corrected chi connectivity index (χ3v) is 2.65. The molecule has 3 N–H and O–H groups in total. The summed E-state index contributed by atoms with van der Waals surface area (Å²) in [5.41, 5.74) is 4.97. The molecule has 0 bridgehead atoms. The van der Waals surface area contributed by atoms with Crippen LogP contribution in [0.3, 0.4) is 0 Å². The summed E-state index contributed by atoms with van der Waals surface area (Å²) in [6.45, 7) is 0.380. The summed E-state index contributed by atoms with van der Waals surface area (Å²) in [4.78, 5) is 21.9. The predicted molar refractivity (Wildman–Crippen MR) is 53.4 cm³/mol. The van der Waals surface area contributed by atoms with Gasteiger partial charge in [0.25, 0.3) is 0 Å². The standard InChI is InChI=1S/C10H18N2O2/c11-9(13)6-7-12-10(14)8-4-2-1-3-5-8/h8H,1-7H2,(H2,11,13)(H,12,14). The molecule has 4 heteroatoms. The maximum absolute atomic E-state index is 11.5. The molecule has 1 aliphatic carbocycles. The fourth-order valence-electron chi connectivity index (χ4n) is 1.82. The van der Waals surface area contributed by atoms with E-state index in [1.165, 1.54) is 6.42 Å². The molecule has 0 aromatic rings. The molecule has 2 amide bonds. The quantitative estimate of drug-likeness (QED) is 0.692. The second-order valence-corrected chi connectivity index (χ2v) is 3.84. The van der Waals surface area contributed by atoms with Gasteiger partial charge in [-0.3, -0.25) is 9.59 Å². The number of rotatable bonds is 4. The number of hydrogen-bond acceptors (Lipinski definition) is 2. The lowest BCUT2D eigenvalue weighted by Gasteiger charge is -2.20. The number of nitrogens with two attached hydrogens (primary N) is 1. The van der Waals surface area contributed by atoms with Crippen LogP contribution in [0.25, 0.3) is 0 Å². The first-order valence-corrected chi connectivity index (χ1v) is 5.26. The van der Waals surface area contributed by atoms with Crippen molar-refractivity contribution in [3.05, 3.63) is 0 Å². The summed E-state index contributed by atoms with van der Waals surface area (Å²) < 4.78 is 0. The average molecular weight is 198 g/mol. The van der Waals surface area contributed by atoms with Crippen LogP contribution in [-0.2, 0) is 9.59 Å². The number of amides is 2. The monoisotopic (exact) mass is 198 g/mol. The zero-order valence-corrected chi connectivity index (χ0v) is 8.42. The lowest BCUT2D eigenvalue weighted by Crippen LogP contribution is -2.34. The van der Waals surface area contributed by atoms with Gasteiger partial charge in [0.05, 0.1) is 0 Å². The van der Waals surface area contributed by atoms with Crippen LogP contribution in [0.2, 0.25) is 0 Å². The Kier molecular flexibility index (Phi) is 4.43. The summed E-state index contributed by atoms with van der Waals surface area (Å²) in [6.07, 6.45) is 5.75. The Balaban J connectivity index is 2.16. The van der Waals surface area contributed by atoms with Crippen LogP contribution in [0.5, 0.6) is 0 Å². The Morgan fingerprint density at radius 2 is 1.86 bits per heavy atom. The molecule has 0 aliphatic heterocycles. The van der Waals surface area contributed by atoms with E-state index in [1.54, 1.807) is 0 Å². The van der Waals surface area contributed by atoms with Crippen molar-refractivity contribution in [3.8, 4) is 0 Å². The third-order valence-electron chi connectivity index (χ3n) is 2.65. The fraction of sp³-hybridized carbons (Fsp3) is 0.800. The second kappa shape index (κ2) is 5.62. The molecule has 0 aromatic heterocycles. The molecule has 0 atom stereocenters. The van der Waals surface area contributed by atoms with Crippen LogP contribution in [0.4, 0.5) is 0 Å². The van der Waals surface area contributed by atoms with E-state index in [4.69, 9.17) is 5.73 Å². The lowest BCUT2D eigenvalue weighted by atomic mass is 9.89. The Labute approximate surface area is 84.2 Å². The maximum Gasteiger partial charge on any atom is 0.223 e. The number of carbonyl (C=O) groups is 2. The van der Waals surface area contributed by atoms with Crippen molar-refractivity contribution in [2.75, 3.05) is 6.54 Å². The molecule has 80 valence electrons. The molecule has 1 fully saturated rings. The van der Waals surface area contributed by atoms with Gasteiger partial charge in [-0.15, -0.1) is 0 Å². The molecule has 0 unspecified atom stereocenters. The molecule has 4 nitrogen and oxygen atoms in total. The molecule has 1 aliphatic rings. The van der Waals surface area contributed by atoms with Gasteiger partial charge >= 0.3 is 0 Å². The van der Waals surface area contributed by atoms with Gasteiger partial charge in [-0.2, -0.15) is 0 Å². The Bertz CT molecular complexity index is 210. The topological polar surface area (TPSA) is 72.2 Å². The van der Waals surface area contributed by atoms with E-state index < -0.39 is 0 Å². The first kappa shape index (κ1) is 11.0. The second-order valence-electron chi connectivity index (χ2n) is 3.84. The van der Waals surface area contributed by atoms with Crippen LogP contribution in [-0.4, -0.2) is 18.4 Å². The largest absolute Gasteiger partial charge is 0.370 e. The summed E-state index contributed by atoms with van der Waals surface area (Å²) in [5.74, 6) is -0.114. The van der Waals surface area contributed by atoms with Crippen LogP contribution in [0.15, 0.2) is 0 Å². The van der Waals surface area contributed by atoms with Crippen molar-refractivity contribution in [1.29, 1.82) is 0 Å². The minimum atomic E-state index is -0.367. The highest BCUT2D eigenvalue weighted by Crippen LogP contribution is 2.23. The number of hydrogen-bond donors (Lipinski definition) is 2. The smallest absolute Gasteiger partial charge is 0.223 e. The van der Waals surface area contributed by atoms with E-state index in [9.17, 15) is 9.59 Å². The number of carbonyl (C=O) groups excluding carboxylic acids is 2. The van der Waals surface area contributed by atoms with E-state index in [-0.39, 0.29) is 24.2 Å². The van der Waals surface area contributed by atoms with Gasteiger partial charge in [0.2, 0.25) is 11.8 Å². The Morgan fingerprint density at radius 1 is 1.21 bits per heavy atom. The molecule has 0 heterocycles. The van der Waals surface area contributed by atoms with Crippen molar-refractivity contribution >= 4 is 11.8 Å². The Hall–Kier alpha value is -1.06. The average Bonchev–Trinajstić information content (AvgIpc) is 2.18. The van der Waals surface area contributed by atoms with Crippen LogP contribution < -0.4 is 11.1 Å². The van der Waals surface area contributed by atoms with Gasteiger partial charge in [0.15, 0.2) is 0 Å². The zero-order valence-electron chi connectivity index (χ0n) is 8.42. The summed E-state index contributed by atoms with van der Waals surface area (Å²) in [7, 11) is 0. The summed E-state index contributed by atoms with van der Waals surface area (Å²) >= 11 is 0. The lowest BCUT2D eigenvalue weighted by molar-refractivity contribution is -0.126. The maximum atomic E-state index is 11.5. The van der Waals surface area contributed by atoms with Crippen molar-refractivity contribution in [2.45, 2.75) is 38.5 Å². The zero-order chi connectivity index (χ0) is 10.4. The highest BCUT2D eigenvalue weighted by molar-refractivity contribution is 5.80. The van der Waals surface area contributed by atoms with Crippen LogP contribution >= 0.6 is 0 Å². The molecular formula is C10H18N2O2. The normalized spacial score (nSPS) is 17.7. The van der Waals surface area contributed by atoms with E-state index in [0.717, 1.165) is 25.7 Å². The van der Waals surface area contributed by atoms with Crippen LogP contribution in [0, 0.1) is 5.92 Å². The Morgan fingerprint density at radius 3 is 2.43 bits per heavy atom.